The van der Waals surface area contributed by atoms with Gasteiger partial charge in [-0.3, -0.25) is 5.32 Å². The van der Waals surface area contributed by atoms with Crippen molar-refractivity contribution >= 4 is 5.97 Å². The minimum absolute atomic E-state index is 0.225. The van der Waals surface area contributed by atoms with Gasteiger partial charge in [-0.1, -0.05) is 17.7 Å². The van der Waals surface area contributed by atoms with Crippen molar-refractivity contribution in [2.75, 3.05) is 27.4 Å². The van der Waals surface area contributed by atoms with Crippen LogP contribution in [0.1, 0.15) is 24.1 Å². The molecule has 0 saturated carbocycles. The lowest BCUT2D eigenvalue weighted by molar-refractivity contribution is -0.147. The molecule has 0 amide bonds. The van der Waals surface area contributed by atoms with Gasteiger partial charge in [0.25, 0.3) is 0 Å². The normalized spacial score (nSPS) is 12.5. The predicted octanol–water partition coefficient (Wildman–Crippen LogP) is 1.95. The van der Waals surface area contributed by atoms with E-state index in [0.29, 0.717) is 0 Å². The number of carbonyl (C=O) groups is 1. The second kappa shape index (κ2) is 8.71. The van der Waals surface area contributed by atoms with Crippen LogP contribution in [-0.4, -0.2) is 39.6 Å². The van der Waals surface area contributed by atoms with E-state index in [4.69, 9.17) is 14.2 Å². The second-order valence-corrected chi connectivity index (χ2v) is 4.52. The Morgan fingerprint density at radius 1 is 1.33 bits per heavy atom. The van der Waals surface area contributed by atoms with E-state index in [0.717, 1.165) is 5.56 Å². The van der Waals surface area contributed by atoms with Crippen molar-refractivity contribution in [3.63, 3.8) is 0 Å². The summed E-state index contributed by atoms with van der Waals surface area (Å²) in [6.45, 7) is 3.99. The van der Waals surface area contributed by atoms with Crippen molar-refractivity contribution in [1.82, 2.24) is 5.32 Å². The highest BCUT2D eigenvalue weighted by atomic mass is 19.1. The molecule has 1 aromatic rings. The van der Waals surface area contributed by atoms with Crippen LogP contribution in [0.25, 0.3) is 0 Å². The zero-order chi connectivity index (χ0) is 15.8. The van der Waals surface area contributed by atoms with Gasteiger partial charge >= 0.3 is 5.97 Å². The molecule has 1 N–H and O–H groups in total. The highest BCUT2D eigenvalue weighted by Gasteiger charge is 2.25. The van der Waals surface area contributed by atoms with Crippen LogP contribution in [0.15, 0.2) is 18.2 Å². The lowest BCUT2D eigenvalue weighted by Gasteiger charge is -2.21. The van der Waals surface area contributed by atoms with E-state index in [2.05, 4.69) is 5.32 Å². The Balaban J connectivity index is 2.96. The van der Waals surface area contributed by atoms with Crippen LogP contribution >= 0.6 is 0 Å². The van der Waals surface area contributed by atoms with Crippen molar-refractivity contribution in [3.8, 4) is 0 Å². The van der Waals surface area contributed by atoms with Gasteiger partial charge < -0.3 is 14.2 Å². The van der Waals surface area contributed by atoms with Crippen LogP contribution in [-0.2, 0) is 19.0 Å². The third-order valence-electron chi connectivity index (χ3n) is 3.00. The Kier molecular flexibility index (Phi) is 7.28. The predicted molar refractivity (Wildman–Crippen MR) is 76.3 cm³/mol. The molecule has 0 aliphatic rings. The number of hydrogen-bond acceptors (Lipinski definition) is 5. The van der Waals surface area contributed by atoms with Crippen molar-refractivity contribution < 1.29 is 23.4 Å². The first-order valence-electron chi connectivity index (χ1n) is 6.75. The molecule has 0 aliphatic heterocycles. The zero-order valence-corrected chi connectivity index (χ0v) is 12.8. The number of carbonyl (C=O) groups excluding carboxylic acids is 1. The quantitative estimate of drug-likeness (QED) is 0.587. The molecule has 0 heterocycles. The summed E-state index contributed by atoms with van der Waals surface area (Å²) in [5.41, 5.74) is 1.11. The number of benzene rings is 1. The number of hydrogen-bond donors (Lipinski definition) is 1. The summed E-state index contributed by atoms with van der Waals surface area (Å²) in [6, 6.07) is 3.70. The third kappa shape index (κ3) is 5.08. The second-order valence-electron chi connectivity index (χ2n) is 4.52. The lowest BCUT2D eigenvalue weighted by Crippen LogP contribution is -2.37. The molecule has 6 heteroatoms. The number of rotatable bonds is 8. The molecule has 5 nitrogen and oxygen atoms in total. The van der Waals surface area contributed by atoms with Gasteiger partial charge in [0.2, 0.25) is 0 Å². The molecular weight excluding hydrogens is 277 g/mol. The van der Waals surface area contributed by atoms with Crippen molar-refractivity contribution in [3.05, 3.63) is 35.1 Å². The standard InChI is InChI=1S/C15H22FNO4/c1-5-21-15(18)14(17-9-13(19-3)20-4)11-8-10(2)6-7-12(11)16/h6-8,13-14,17H,5,9H2,1-4H3/t14-/m0/s1. The average Bonchev–Trinajstić information content (AvgIpc) is 2.47. The Bertz CT molecular complexity index is 463. The summed E-state index contributed by atoms with van der Waals surface area (Å²) in [5, 5.41) is 2.93. The SMILES string of the molecule is CCOC(=O)[C@@H](NCC(OC)OC)c1cc(C)ccc1F. The van der Waals surface area contributed by atoms with Gasteiger partial charge in [-0.25, -0.2) is 9.18 Å². The van der Waals surface area contributed by atoms with Gasteiger partial charge in [-0.05, 0) is 19.9 Å². The smallest absolute Gasteiger partial charge is 0.327 e. The van der Waals surface area contributed by atoms with E-state index in [1.165, 1.54) is 20.3 Å². The molecular formula is C15H22FNO4. The van der Waals surface area contributed by atoms with E-state index >= 15 is 0 Å². The summed E-state index contributed by atoms with van der Waals surface area (Å²) in [4.78, 5) is 12.1. The zero-order valence-electron chi connectivity index (χ0n) is 12.8. The molecule has 0 aliphatic carbocycles. The molecule has 0 bridgehead atoms. The van der Waals surface area contributed by atoms with E-state index in [9.17, 15) is 9.18 Å². The molecule has 0 unspecified atom stereocenters. The maximum Gasteiger partial charge on any atom is 0.327 e. The fourth-order valence-electron chi connectivity index (χ4n) is 1.91. The largest absolute Gasteiger partial charge is 0.465 e. The van der Waals surface area contributed by atoms with Crippen molar-refractivity contribution in [1.29, 1.82) is 0 Å². The van der Waals surface area contributed by atoms with Crippen LogP contribution < -0.4 is 5.32 Å². The first kappa shape index (κ1) is 17.6. The van der Waals surface area contributed by atoms with E-state index < -0.39 is 24.1 Å². The molecule has 0 fully saturated rings. The molecule has 21 heavy (non-hydrogen) atoms. The Morgan fingerprint density at radius 2 is 2.00 bits per heavy atom. The maximum absolute atomic E-state index is 14.0. The van der Waals surface area contributed by atoms with Gasteiger partial charge in [-0.2, -0.15) is 0 Å². The summed E-state index contributed by atoms with van der Waals surface area (Å²) < 4.78 is 29.1. The fourth-order valence-corrected chi connectivity index (χ4v) is 1.91. The Labute approximate surface area is 124 Å². The molecule has 1 aromatic carbocycles. The molecule has 0 radical (unpaired) electrons. The first-order chi connectivity index (χ1) is 10.0. The van der Waals surface area contributed by atoms with Crippen molar-refractivity contribution in [2.24, 2.45) is 0 Å². The monoisotopic (exact) mass is 299 g/mol. The number of halogens is 1. The summed E-state index contributed by atoms with van der Waals surface area (Å²) in [7, 11) is 2.98. The number of methoxy groups -OCH3 is 2. The molecule has 118 valence electrons. The van der Waals surface area contributed by atoms with Crippen LogP contribution in [0.3, 0.4) is 0 Å². The number of ether oxygens (including phenoxy) is 3. The maximum atomic E-state index is 14.0. The van der Waals surface area contributed by atoms with E-state index in [1.54, 1.807) is 19.1 Å². The van der Waals surface area contributed by atoms with Gasteiger partial charge in [-0.15, -0.1) is 0 Å². The van der Waals surface area contributed by atoms with Crippen LogP contribution in [0.5, 0.6) is 0 Å². The topological polar surface area (TPSA) is 56.8 Å². The van der Waals surface area contributed by atoms with Gasteiger partial charge in [0.1, 0.15) is 11.9 Å². The average molecular weight is 299 g/mol. The Hall–Kier alpha value is -1.50. The highest BCUT2D eigenvalue weighted by Crippen LogP contribution is 2.20. The number of esters is 1. The minimum Gasteiger partial charge on any atom is -0.465 e. The molecule has 1 atom stereocenters. The summed E-state index contributed by atoms with van der Waals surface area (Å²) in [5.74, 6) is -0.995. The highest BCUT2D eigenvalue weighted by molar-refractivity contribution is 5.77. The number of nitrogens with one attached hydrogen (secondary N) is 1. The molecule has 0 spiro atoms. The number of aryl methyl sites for hydroxylation is 1. The van der Waals surface area contributed by atoms with Gasteiger partial charge in [0.05, 0.1) is 6.61 Å². The minimum atomic E-state index is -0.905. The summed E-state index contributed by atoms with van der Waals surface area (Å²) in [6.07, 6.45) is -0.533. The lowest BCUT2D eigenvalue weighted by atomic mass is 10.0. The molecule has 0 saturated heterocycles. The summed E-state index contributed by atoms with van der Waals surface area (Å²) >= 11 is 0. The van der Waals surface area contributed by atoms with Crippen molar-refractivity contribution in [2.45, 2.75) is 26.2 Å². The van der Waals surface area contributed by atoms with E-state index in [1.807, 2.05) is 6.92 Å². The van der Waals surface area contributed by atoms with Crippen LogP contribution in [0.4, 0.5) is 4.39 Å². The van der Waals surface area contributed by atoms with Gasteiger partial charge in [0, 0.05) is 26.3 Å². The first-order valence-corrected chi connectivity index (χ1v) is 6.75. The fraction of sp³-hybridized carbons (Fsp3) is 0.533. The third-order valence-corrected chi connectivity index (χ3v) is 3.00. The van der Waals surface area contributed by atoms with Gasteiger partial charge in [0.15, 0.2) is 6.29 Å². The Morgan fingerprint density at radius 3 is 2.57 bits per heavy atom. The van der Waals surface area contributed by atoms with Crippen LogP contribution in [0, 0.1) is 12.7 Å². The molecule has 0 aromatic heterocycles. The van der Waals surface area contributed by atoms with E-state index in [-0.39, 0.29) is 18.7 Å². The van der Waals surface area contributed by atoms with Crippen LogP contribution in [0.2, 0.25) is 0 Å². The molecule has 1 rings (SSSR count).